The number of fused-ring (bicyclic) bond motifs is 1. The highest BCUT2D eigenvalue weighted by Crippen LogP contribution is 2.30. The van der Waals surface area contributed by atoms with Crippen molar-refractivity contribution in [1.82, 2.24) is 15.3 Å². The maximum Gasteiger partial charge on any atom is 0.243 e. The van der Waals surface area contributed by atoms with Crippen molar-refractivity contribution >= 4 is 22.8 Å². The maximum atomic E-state index is 13.2. The summed E-state index contributed by atoms with van der Waals surface area (Å²) in [7, 11) is 3.17. The number of nitrogens with zero attached hydrogens (tertiary/aromatic N) is 4. The van der Waals surface area contributed by atoms with E-state index in [1.165, 1.54) is 0 Å². The first-order chi connectivity index (χ1) is 17.4. The Hall–Kier alpha value is -3.90. The van der Waals surface area contributed by atoms with Crippen molar-refractivity contribution in [3.8, 4) is 17.6 Å². The monoisotopic (exact) mass is 489 g/mol. The number of carbonyl (C=O) groups excluding carboxylic acids is 1. The van der Waals surface area contributed by atoms with Gasteiger partial charge in [0.05, 0.1) is 43.5 Å². The summed E-state index contributed by atoms with van der Waals surface area (Å²) in [5.41, 5.74) is 2.70. The molecule has 36 heavy (non-hydrogen) atoms. The lowest BCUT2D eigenvalue weighted by molar-refractivity contribution is -0.121. The van der Waals surface area contributed by atoms with Gasteiger partial charge in [0.1, 0.15) is 5.69 Å². The van der Waals surface area contributed by atoms with Gasteiger partial charge in [-0.15, -0.1) is 0 Å². The predicted octanol–water partition coefficient (Wildman–Crippen LogP) is 3.23. The van der Waals surface area contributed by atoms with Crippen molar-refractivity contribution in [3.05, 3.63) is 53.7 Å². The van der Waals surface area contributed by atoms with Crippen molar-refractivity contribution in [2.24, 2.45) is 0 Å². The fraction of sp³-hybridized carbons (Fsp3) is 0.407. The molecule has 9 heteroatoms. The minimum Gasteiger partial charge on any atom is -0.493 e. The molecule has 0 radical (unpaired) electrons. The fourth-order valence-corrected chi connectivity index (χ4v) is 4.49. The van der Waals surface area contributed by atoms with Gasteiger partial charge >= 0.3 is 0 Å². The van der Waals surface area contributed by atoms with E-state index in [2.05, 4.69) is 16.3 Å². The minimum absolute atomic E-state index is 0.00859. The Morgan fingerprint density at radius 1 is 1.11 bits per heavy atom. The lowest BCUT2D eigenvalue weighted by atomic mass is 10.0. The van der Waals surface area contributed by atoms with Gasteiger partial charge in [-0.25, -0.2) is 9.97 Å². The molecule has 2 aromatic carbocycles. The molecule has 0 spiro atoms. The Balaban J connectivity index is 1.56. The van der Waals surface area contributed by atoms with Crippen LogP contribution in [0.1, 0.15) is 31.0 Å². The standard InChI is InChI=1S/C27H31N5O4/c1-17-15-32(16-18(2)36-17)26-25(30-21-7-5-6-8-22(21)31-26)20(14-28)27(33)29-12-11-19-9-10-23(34-3)24(13-19)35-4/h5-10,13,17-18,20H,11-12,15-16H2,1-4H3,(H,29,33)/t17-,18-,20-/m1/s1. The predicted molar refractivity (Wildman–Crippen MR) is 136 cm³/mol. The molecule has 4 rings (SSSR count). The highest BCUT2D eigenvalue weighted by molar-refractivity contribution is 5.88. The van der Waals surface area contributed by atoms with Crippen molar-refractivity contribution in [2.75, 3.05) is 38.8 Å². The van der Waals surface area contributed by atoms with Gasteiger partial charge in [-0.2, -0.15) is 5.26 Å². The van der Waals surface area contributed by atoms with Crippen LogP contribution in [0.5, 0.6) is 11.5 Å². The highest BCUT2D eigenvalue weighted by Gasteiger charge is 2.31. The maximum absolute atomic E-state index is 13.2. The fourth-order valence-electron chi connectivity index (χ4n) is 4.49. The van der Waals surface area contributed by atoms with Gasteiger partial charge in [-0.1, -0.05) is 18.2 Å². The Kier molecular flexibility index (Phi) is 7.86. The number of methoxy groups -OCH3 is 2. The number of nitriles is 1. The van der Waals surface area contributed by atoms with Crippen molar-refractivity contribution < 1.29 is 19.0 Å². The van der Waals surface area contributed by atoms with Crippen LogP contribution in [0.15, 0.2) is 42.5 Å². The number of amides is 1. The summed E-state index contributed by atoms with van der Waals surface area (Å²) in [5, 5.41) is 12.9. The van der Waals surface area contributed by atoms with Crippen LogP contribution in [0.25, 0.3) is 11.0 Å². The van der Waals surface area contributed by atoms with Crippen LogP contribution < -0.4 is 19.7 Å². The zero-order valence-electron chi connectivity index (χ0n) is 21.0. The smallest absolute Gasteiger partial charge is 0.243 e. The molecular formula is C27H31N5O4. The Morgan fingerprint density at radius 3 is 2.42 bits per heavy atom. The van der Waals surface area contributed by atoms with Gasteiger partial charge in [0.2, 0.25) is 5.91 Å². The molecule has 1 aromatic heterocycles. The quantitative estimate of drug-likeness (QED) is 0.514. The van der Waals surface area contributed by atoms with Crippen molar-refractivity contribution in [1.29, 1.82) is 5.26 Å². The van der Waals surface area contributed by atoms with Crippen molar-refractivity contribution in [2.45, 2.75) is 38.4 Å². The molecule has 0 saturated carbocycles. The summed E-state index contributed by atoms with van der Waals surface area (Å²) >= 11 is 0. The molecule has 0 bridgehead atoms. The molecule has 1 N–H and O–H groups in total. The second-order valence-electron chi connectivity index (χ2n) is 8.88. The zero-order valence-corrected chi connectivity index (χ0v) is 21.0. The van der Waals surface area contributed by atoms with Crippen LogP contribution in [0.2, 0.25) is 0 Å². The van der Waals surface area contributed by atoms with Crippen LogP contribution in [-0.4, -0.2) is 61.9 Å². The van der Waals surface area contributed by atoms with E-state index < -0.39 is 11.8 Å². The van der Waals surface area contributed by atoms with Crippen molar-refractivity contribution in [3.63, 3.8) is 0 Å². The summed E-state index contributed by atoms with van der Waals surface area (Å²) in [6.45, 7) is 5.56. The van der Waals surface area contributed by atoms with Crippen LogP contribution >= 0.6 is 0 Å². The van der Waals surface area contributed by atoms with E-state index in [-0.39, 0.29) is 12.2 Å². The molecule has 1 fully saturated rings. The third kappa shape index (κ3) is 5.50. The van der Waals surface area contributed by atoms with E-state index in [0.29, 0.717) is 60.1 Å². The first kappa shape index (κ1) is 25.2. The van der Waals surface area contributed by atoms with E-state index in [1.54, 1.807) is 14.2 Å². The number of para-hydroxylation sites is 2. The van der Waals surface area contributed by atoms with Gasteiger partial charge in [-0.05, 0) is 50.1 Å². The van der Waals surface area contributed by atoms with E-state index >= 15 is 0 Å². The number of rotatable bonds is 8. The molecular weight excluding hydrogens is 458 g/mol. The number of morpholine rings is 1. The summed E-state index contributed by atoms with van der Waals surface area (Å²) in [6, 6.07) is 15.3. The van der Waals surface area contributed by atoms with Crippen LogP contribution in [0.3, 0.4) is 0 Å². The van der Waals surface area contributed by atoms with E-state index in [4.69, 9.17) is 24.2 Å². The molecule has 1 aliphatic heterocycles. The first-order valence-electron chi connectivity index (χ1n) is 12.0. The molecule has 188 valence electrons. The third-order valence-electron chi connectivity index (χ3n) is 6.12. The highest BCUT2D eigenvalue weighted by atomic mass is 16.5. The number of hydrogen-bond acceptors (Lipinski definition) is 8. The zero-order chi connectivity index (χ0) is 25.7. The lowest BCUT2D eigenvalue weighted by Crippen LogP contribution is -2.46. The van der Waals surface area contributed by atoms with Crippen LogP contribution in [0, 0.1) is 11.3 Å². The normalized spacial score (nSPS) is 18.4. The molecule has 1 aliphatic rings. The molecule has 2 heterocycles. The number of aromatic nitrogens is 2. The largest absolute Gasteiger partial charge is 0.493 e. The Bertz CT molecular complexity index is 1260. The first-order valence-corrected chi connectivity index (χ1v) is 12.0. The second kappa shape index (κ2) is 11.2. The average molecular weight is 490 g/mol. The summed E-state index contributed by atoms with van der Waals surface area (Å²) in [5.74, 6) is 0.316. The molecule has 0 unspecified atom stereocenters. The molecule has 1 saturated heterocycles. The number of nitrogens with one attached hydrogen (secondary N) is 1. The number of carbonyl (C=O) groups is 1. The van der Waals surface area contributed by atoms with E-state index in [1.807, 2.05) is 56.3 Å². The van der Waals surface area contributed by atoms with Crippen LogP contribution in [-0.2, 0) is 16.0 Å². The van der Waals surface area contributed by atoms with Gasteiger partial charge in [0.25, 0.3) is 0 Å². The number of benzene rings is 2. The second-order valence-corrected chi connectivity index (χ2v) is 8.88. The third-order valence-corrected chi connectivity index (χ3v) is 6.12. The molecule has 0 aliphatic carbocycles. The molecule has 1 amide bonds. The average Bonchev–Trinajstić information content (AvgIpc) is 2.88. The number of ether oxygens (including phenoxy) is 3. The molecule has 9 nitrogen and oxygen atoms in total. The van der Waals surface area contributed by atoms with Gasteiger partial charge in [-0.3, -0.25) is 4.79 Å². The molecule has 3 aromatic rings. The molecule has 3 atom stereocenters. The van der Waals surface area contributed by atoms with E-state index in [9.17, 15) is 10.1 Å². The Labute approximate surface area is 211 Å². The Morgan fingerprint density at radius 2 is 1.78 bits per heavy atom. The number of anilines is 1. The summed E-state index contributed by atoms with van der Waals surface area (Å²) in [6.07, 6.45) is 0.551. The summed E-state index contributed by atoms with van der Waals surface area (Å²) in [4.78, 5) is 24.8. The van der Waals surface area contributed by atoms with Crippen LogP contribution in [0.4, 0.5) is 5.82 Å². The van der Waals surface area contributed by atoms with Gasteiger partial charge in [0, 0.05) is 19.6 Å². The minimum atomic E-state index is -1.10. The SMILES string of the molecule is COc1ccc(CCNC(=O)[C@H](C#N)c2nc3ccccc3nc2N2C[C@@H](C)O[C@H](C)C2)cc1OC. The summed E-state index contributed by atoms with van der Waals surface area (Å²) < 4.78 is 16.5. The van der Waals surface area contributed by atoms with Gasteiger partial charge in [0.15, 0.2) is 23.2 Å². The number of hydrogen-bond donors (Lipinski definition) is 1. The van der Waals surface area contributed by atoms with Gasteiger partial charge < -0.3 is 24.4 Å². The topological polar surface area (TPSA) is 110 Å². The van der Waals surface area contributed by atoms with E-state index in [0.717, 1.165) is 5.56 Å². The lowest BCUT2D eigenvalue weighted by Gasteiger charge is -2.37.